The Hall–Kier alpha value is -3.91. The molecule has 3 rings (SSSR count). The molecule has 14 heteroatoms. The van der Waals surface area contributed by atoms with Gasteiger partial charge in [0, 0.05) is 11.1 Å². The fourth-order valence-corrected chi connectivity index (χ4v) is 5.35. The van der Waals surface area contributed by atoms with Crippen LogP contribution in [-0.2, 0) is 48.2 Å². The molecule has 0 saturated carbocycles. The highest BCUT2D eigenvalue weighted by molar-refractivity contribution is 5.77. The number of esters is 1. The Labute approximate surface area is 319 Å². The van der Waals surface area contributed by atoms with Gasteiger partial charge in [-0.25, -0.2) is 9.59 Å². The SMILES string of the molecule is CC(COC(=O)OCC[N+](C)(CCO)Cc1ccccc1)(COC(=O)OCC[N+](C)(CCO)Cc1ccccc1)C(=O)OCc1ccccc1.[Cl-].[Cl-]. The van der Waals surface area contributed by atoms with Crippen LogP contribution in [0.1, 0.15) is 23.6 Å². The van der Waals surface area contributed by atoms with Crippen molar-refractivity contribution in [3.05, 3.63) is 108 Å². The number of nitrogens with zero attached hydrogens (tertiary/aromatic N) is 2. The van der Waals surface area contributed by atoms with Gasteiger partial charge in [-0.05, 0) is 12.5 Å². The summed E-state index contributed by atoms with van der Waals surface area (Å²) in [5.74, 6) is -0.743. The normalized spacial score (nSPS) is 14.1. The third-order valence-corrected chi connectivity index (χ3v) is 8.52. The van der Waals surface area contributed by atoms with Crippen LogP contribution in [0.15, 0.2) is 91.0 Å². The molecule has 52 heavy (non-hydrogen) atoms. The fraction of sp³-hybridized carbons (Fsp3) is 0.447. The van der Waals surface area contributed by atoms with Crippen molar-refractivity contribution in [2.45, 2.75) is 26.6 Å². The summed E-state index contributed by atoms with van der Waals surface area (Å²) in [6, 6.07) is 28.7. The number of ether oxygens (including phenoxy) is 5. The van der Waals surface area contributed by atoms with Crippen LogP contribution < -0.4 is 24.8 Å². The van der Waals surface area contributed by atoms with E-state index in [4.69, 9.17) is 23.7 Å². The second-order valence-electron chi connectivity index (χ2n) is 13.3. The first-order valence-corrected chi connectivity index (χ1v) is 16.8. The van der Waals surface area contributed by atoms with Gasteiger partial charge in [0.25, 0.3) is 0 Å². The average Bonchev–Trinajstić information content (AvgIpc) is 3.10. The zero-order chi connectivity index (χ0) is 36.3. The minimum Gasteiger partial charge on any atom is -1.00 e. The second-order valence-corrected chi connectivity index (χ2v) is 13.3. The van der Waals surface area contributed by atoms with Crippen LogP contribution in [0, 0.1) is 5.41 Å². The standard InChI is InChI=1S/C38H52N2O10.2ClH/c1-38(35(43)48-29-34-17-11-6-12-18-34,30-49-36(44)46-25-21-39(2,19-23-41)27-32-13-7-4-8-14-32)31-50-37(45)47-26-22-40(3,20-24-42)28-33-15-9-5-10-16-33;;/h4-18,41-42H,19-31H2,1-3H3;2*1H/q+2;;/p-2. The number of rotatable bonds is 21. The van der Waals surface area contributed by atoms with Gasteiger partial charge in [0.1, 0.15) is 77.7 Å². The Kier molecular flexibility index (Phi) is 20.9. The van der Waals surface area contributed by atoms with Gasteiger partial charge in [0.2, 0.25) is 0 Å². The van der Waals surface area contributed by atoms with Crippen molar-refractivity contribution in [2.75, 3.05) is 79.9 Å². The van der Waals surface area contributed by atoms with E-state index >= 15 is 0 Å². The number of carbonyl (C=O) groups is 3. The van der Waals surface area contributed by atoms with Crippen LogP contribution in [0.5, 0.6) is 0 Å². The summed E-state index contributed by atoms with van der Waals surface area (Å²) in [4.78, 5) is 38.6. The third-order valence-electron chi connectivity index (χ3n) is 8.52. The molecular formula is C38H52Cl2N2O10. The lowest BCUT2D eigenvalue weighted by Gasteiger charge is -2.34. The van der Waals surface area contributed by atoms with E-state index in [-0.39, 0.29) is 57.8 Å². The fourth-order valence-electron chi connectivity index (χ4n) is 5.35. The largest absolute Gasteiger partial charge is 1.00 e. The van der Waals surface area contributed by atoms with E-state index in [9.17, 15) is 24.6 Å². The number of aliphatic hydroxyl groups is 2. The molecule has 0 fully saturated rings. The highest BCUT2D eigenvalue weighted by Crippen LogP contribution is 2.22. The first-order valence-electron chi connectivity index (χ1n) is 16.8. The Morgan fingerprint density at radius 3 is 1.29 bits per heavy atom. The monoisotopic (exact) mass is 766 g/mol. The maximum Gasteiger partial charge on any atom is 0.508 e. The van der Waals surface area contributed by atoms with Gasteiger partial charge in [0.15, 0.2) is 0 Å². The molecule has 0 aliphatic rings. The number of benzene rings is 3. The van der Waals surface area contributed by atoms with Crippen molar-refractivity contribution in [3.8, 4) is 0 Å². The Balaban J connectivity index is 0.00000676. The molecule has 12 nitrogen and oxygen atoms in total. The first-order chi connectivity index (χ1) is 24.0. The Bertz CT molecular complexity index is 1380. The van der Waals surface area contributed by atoms with Crippen LogP contribution in [0.3, 0.4) is 0 Å². The Morgan fingerprint density at radius 1 is 0.558 bits per heavy atom. The first kappa shape index (κ1) is 46.1. The highest BCUT2D eigenvalue weighted by atomic mass is 35.5. The molecule has 3 aromatic rings. The number of likely N-dealkylation sites (N-methyl/N-ethyl adjacent to an activating group) is 2. The van der Waals surface area contributed by atoms with Crippen LogP contribution in [0.2, 0.25) is 0 Å². The van der Waals surface area contributed by atoms with Crippen molar-refractivity contribution in [3.63, 3.8) is 0 Å². The summed E-state index contributed by atoms with van der Waals surface area (Å²) in [6.07, 6.45) is -1.99. The minimum absolute atomic E-state index is 0. The van der Waals surface area contributed by atoms with Crippen molar-refractivity contribution < 1.29 is 82.1 Å². The van der Waals surface area contributed by atoms with Crippen molar-refractivity contribution in [1.82, 2.24) is 0 Å². The van der Waals surface area contributed by atoms with Crippen LogP contribution in [-0.4, -0.2) is 117 Å². The summed E-state index contributed by atoms with van der Waals surface area (Å²) in [6.45, 7) is 3.42. The Morgan fingerprint density at radius 2 is 0.923 bits per heavy atom. The summed E-state index contributed by atoms with van der Waals surface area (Å²) in [7, 11) is 3.92. The molecule has 0 aliphatic carbocycles. The summed E-state index contributed by atoms with van der Waals surface area (Å²) in [5, 5.41) is 19.3. The third kappa shape index (κ3) is 16.6. The maximum absolute atomic E-state index is 13.3. The highest BCUT2D eigenvalue weighted by Gasteiger charge is 2.39. The van der Waals surface area contributed by atoms with Gasteiger partial charge in [-0.2, -0.15) is 0 Å². The number of carbonyl (C=O) groups excluding carboxylic acids is 3. The van der Waals surface area contributed by atoms with Crippen LogP contribution >= 0.6 is 0 Å². The number of aliphatic hydroxyl groups excluding tert-OH is 2. The van der Waals surface area contributed by atoms with E-state index in [1.54, 1.807) is 12.1 Å². The lowest BCUT2D eigenvalue weighted by molar-refractivity contribution is -0.923. The van der Waals surface area contributed by atoms with Crippen molar-refractivity contribution in [1.29, 1.82) is 0 Å². The molecule has 2 N–H and O–H groups in total. The molecule has 288 valence electrons. The molecule has 0 aliphatic heterocycles. The zero-order valence-electron chi connectivity index (χ0n) is 30.2. The minimum atomic E-state index is -1.57. The molecule has 0 heterocycles. The van der Waals surface area contributed by atoms with E-state index < -0.39 is 36.9 Å². The number of quaternary nitrogens is 2. The maximum atomic E-state index is 13.3. The molecule has 0 saturated heterocycles. The molecule has 0 bridgehead atoms. The van der Waals surface area contributed by atoms with Gasteiger partial charge in [-0.3, -0.25) is 4.79 Å². The van der Waals surface area contributed by atoms with E-state index in [0.717, 1.165) is 16.7 Å². The van der Waals surface area contributed by atoms with E-state index in [1.807, 2.05) is 93.0 Å². The van der Waals surface area contributed by atoms with Gasteiger partial charge in [-0.1, -0.05) is 91.0 Å². The predicted molar refractivity (Wildman–Crippen MR) is 185 cm³/mol. The average molecular weight is 768 g/mol. The number of hydrogen-bond donors (Lipinski definition) is 2. The smallest absolute Gasteiger partial charge is 0.508 e. The molecule has 0 amide bonds. The van der Waals surface area contributed by atoms with Crippen molar-refractivity contribution >= 4 is 18.3 Å². The van der Waals surface area contributed by atoms with E-state index in [2.05, 4.69) is 0 Å². The quantitative estimate of drug-likeness (QED) is 0.0736. The number of halogens is 2. The molecule has 2 atom stereocenters. The van der Waals surface area contributed by atoms with Crippen LogP contribution in [0.25, 0.3) is 0 Å². The molecular weight excluding hydrogens is 715 g/mol. The number of hydrogen-bond acceptors (Lipinski definition) is 10. The lowest BCUT2D eigenvalue weighted by atomic mass is 9.93. The van der Waals surface area contributed by atoms with Gasteiger partial charge in [0.05, 0.1) is 27.3 Å². The van der Waals surface area contributed by atoms with Crippen molar-refractivity contribution in [2.24, 2.45) is 5.41 Å². The molecule has 3 aromatic carbocycles. The zero-order valence-corrected chi connectivity index (χ0v) is 31.7. The molecule has 0 aromatic heterocycles. The molecule has 0 radical (unpaired) electrons. The second kappa shape index (κ2) is 23.6. The molecule has 2 unspecified atom stereocenters. The summed E-state index contributed by atoms with van der Waals surface area (Å²) >= 11 is 0. The topological polar surface area (TPSA) is 138 Å². The van der Waals surface area contributed by atoms with Gasteiger partial charge in [-0.15, -0.1) is 0 Å². The van der Waals surface area contributed by atoms with Gasteiger partial charge >= 0.3 is 18.3 Å². The molecule has 0 spiro atoms. The van der Waals surface area contributed by atoms with Gasteiger partial charge < -0.3 is 67.7 Å². The predicted octanol–water partition coefficient (Wildman–Crippen LogP) is -1.67. The van der Waals surface area contributed by atoms with E-state index in [1.165, 1.54) is 6.92 Å². The summed E-state index contributed by atoms with van der Waals surface area (Å²) in [5.41, 5.74) is 1.35. The summed E-state index contributed by atoms with van der Waals surface area (Å²) < 4.78 is 27.7. The van der Waals surface area contributed by atoms with Crippen LogP contribution in [0.4, 0.5) is 9.59 Å². The van der Waals surface area contributed by atoms with E-state index in [0.29, 0.717) is 48.2 Å². The lowest BCUT2D eigenvalue weighted by Crippen LogP contribution is -3.00.